The molecule has 0 heterocycles. The van der Waals surface area contributed by atoms with Crippen molar-refractivity contribution in [3.63, 3.8) is 0 Å². The van der Waals surface area contributed by atoms with Crippen molar-refractivity contribution < 1.29 is 10.0 Å². The van der Waals surface area contributed by atoms with Crippen LogP contribution in [0.3, 0.4) is 0 Å². The first kappa shape index (κ1) is 11.1. The van der Waals surface area contributed by atoms with Gasteiger partial charge >= 0.3 is 0 Å². The molecule has 70 valence electrons. The van der Waals surface area contributed by atoms with E-state index in [4.69, 9.17) is 10.9 Å². The maximum atomic E-state index is 11.5. The van der Waals surface area contributed by atoms with Crippen LogP contribution in [-0.4, -0.2) is 22.7 Å². The lowest BCUT2D eigenvalue weighted by atomic mass is 9.80. The molecule has 0 radical (unpaired) electrons. The fourth-order valence-electron chi connectivity index (χ4n) is 0.987. The lowest BCUT2D eigenvalue weighted by molar-refractivity contribution is -0.128. The van der Waals surface area contributed by atoms with Gasteiger partial charge in [0.2, 0.25) is 0 Å². The minimum atomic E-state index is -1.19. The SMILES string of the molecule is CC(C)(C)C(=O)C(C)(N)/C=N/O. The molecule has 0 fully saturated rings. The molecule has 3 N–H and O–H groups in total. The molecule has 1 unspecified atom stereocenters. The Kier molecular flexibility index (Phi) is 2.98. The minimum Gasteiger partial charge on any atom is -0.411 e. The van der Waals surface area contributed by atoms with E-state index in [2.05, 4.69) is 5.16 Å². The number of Topliss-reactive ketones (excluding diaryl/α,β-unsaturated/α-hetero) is 1. The van der Waals surface area contributed by atoms with Gasteiger partial charge in [-0.1, -0.05) is 25.9 Å². The third-order valence-electron chi connectivity index (χ3n) is 1.50. The Bertz CT molecular complexity index is 202. The number of oxime groups is 1. The summed E-state index contributed by atoms with van der Waals surface area (Å²) in [6, 6.07) is 0. The Balaban J connectivity index is 4.70. The first-order valence-electron chi connectivity index (χ1n) is 3.74. The van der Waals surface area contributed by atoms with E-state index in [1.165, 1.54) is 6.92 Å². The fourth-order valence-corrected chi connectivity index (χ4v) is 0.987. The van der Waals surface area contributed by atoms with Crippen LogP contribution in [0, 0.1) is 5.41 Å². The van der Waals surface area contributed by atoms with Gasteiger partial charge in [-0.3, -0.25) is 4.79 Å². The molecule has 12 heavy (non-hydrogen) atoms. The van der Waals surface area contributed by atoms with Crippen molar-refractivity contribution in [2.24, 2.45) is 16.3 Å². The zero-order chi connectivity index (χ0) is 9.99. The summed E-state index contributed by atoms with van der Waals surface area (Å²) in [5.74, 6) is -0.159. The number of nitrogens with zero attached hydrogens (tertiary/aromatic N) is 1. The highest BCUT2D eigenvalue weighted by molar-refractivity contribution is 6.05. The zero-order valence-electron chi connectivity index (χ0n) is 7.96. The number of nitrogens with two attached hydrogens (primary N) is 1. The van der Waals surface area contributed by atoms with Crippen LogP contribution in [0.5, 0.6) is 0 Å². The average Bonchev–Trinajstić information content (AvgIpc) is 1.84. The molecule has 0 aromatic carbocycles. The summed E-state index contributed by atoms with van der Waals surface area (Å²) < 4.78 is 0. The summed E-state index contributed by atoms with van der Waals surface area (Å²) in [6.07, 6.45) is 1.04. The second-order valence-electron chi connectivity index (χ2n) is 4.11. The topological polar surface area (TPSA) is 75.7 Å². The Morgan fingerprint density at radius 1 is 1.42 bits per heavy atom. The Hall–Kier alpha value is -0.900. The van der Waals surface area contributed by atoms with E-state index in [1.807, 2.05) is 0 Å². The fraction of sp³-hybridized carbons (Fsp3) is 0.750. The summed E-state index contributed by atoms with van der Waals surface area (Å²) in [7, 11) is 0. The largest absolute Gasteiger partial charge is 0.411 e. The van der Waals surface area contributed by atoms with E-state index in [0.717, 1.165) is 6.21 Å². The quantitative estimate of drug-likeness (QED) is 0.367. The van der Waals surface area contributed by atoms with E-state index in [-0.39, 0.29) is 5.78 Å². The first-order chi connectivity index (χ1) is 5.22. The van der Waals surface area contributed by atoms with Crippen molar-refractivity contribution in [1.29, 1.82) is 0 Å². The Morgan fingerprint density at radius 3 is 2.08 bits per heavy atom. The molecule has 0 rings (SSSR count). The van der Waals surface area contributed by atoms with Crippen LogP contribution in [0.4, 0.5) is 0 Å². The monoisotopic (exact) mass is 172 g/mol. The molecule has 0 amide bonds. The van der Waals surface area contributed by atoms with Gasteiger partial charge in [-0.05, 0) is 6.92 Å². The van der Waals surface area contributed by atoms with Crippen LogP contribution in [0.2, 0.25) is 0 Å². The second-order valence-corrected chi connectivity index (χ2v) is 4.11. The van der Waals surface area contributed by atoms with Gasteiger partial charge in [0.1, 0.15) is 5.54 Å². The van der Waals surface area contributed by atoms with Crippen molar-refractivity contribution >= 4 is 12.0 Å². The lowest BCUT2D eigenvalue weighted by Crippen LogP contribution is -2.51. The highest BCUT2D eigenvalue weighted by atomic mass is 16.4. The van der Waals surface area contributed by atoms with Gasteiger partial charge in [0, 0.05) is 5.41 Å². The number of rotatable bonds is 2. The van der Waals surface area contributed by atoms with E-state index >= 15 is 0 Å². The first-order valence-corrected chi connectivity index (χ1v) is 3.74. The predicted molar refractivity (Wildman–Crippen MR) is 47.3 cm³/mol. The smallest absolute Gasteiger partial charge is 0.163 e. The summed E-state index contributed by atoms with van der Waals surface area (Å²) >= 11 is 0. The molecule has 0 aliphatic rings. The van der Waals surface area contributed by atoms with Crippen LogP contribution in [-0.2, 0) is 4.79 Å². The molecule has 0 aromatic rings. The zero-order valence-corrected chi connectivity index (χ0v) is 7.96. The molecule has 0 saturated heterocycles. The van der Waals surface area contributed by atoms with Crippen LogP contribution in [0.15, 0.2) is 5.16 Å². The maximum Gasteiger partial charge on any atom is 0.163 e. The van der Waals surface area contributed by atoms with Gasteiger partial charge in [-0.25, -0.2) is 0 Å². The molecule has 0 bridgehead atoms. The molecule has 0 spiro atoms. The standard InChI is InChI=1S/C8H16N2O2/c1-7(2,3)6(11)8(4,9)5-10-12/h5,12H,9H2,1-4H3/b10-5+. The normalized spacial score (nSPS) is 17.8. The van der Waals surface area contributed by atoms with Gasteiger partial charge in [-0.2, -0.15) is 0 Å². The van der Waals surface area contributed by atoms with Crippen molar-refractivity contribution in [1.82, 2.24) is 0 Å². The minimum absolute atomic E-state index is 0.159. The van der Waals surface area contributed by atoms with Crippen LogP contribution < -0.4 is 5.73 Å². The molecule has 4 heteroatoms. The summed E-state index contributed by atoms with van der Waals surface area (Å²) in [5.41, 5.74) is 3.89. The van der Waals surface area contributed by atoms with Gasteiger partial charge < -0.3 is 10.9 Å². The van der Waals surface area contributed by atoms with Gasteiger partial charge in [0.25, 0.3) is 0 Å². The van der Waals surface area contributed by atoms with Crippen molar-refractivity contribution in [3.8, 4) is 0 Å². The second kappa shape index (κ2) is 3.23. The Labute approximate surface area is 72.4 Å². The lowest BCUT2D eigenvalue weighted by Gasteiger charge is -2.26. The van der Waals surface area contributed by atoms with E-state index in [9.17, 15) is 4.79 Å². The van der Waals surface area contributed by atoms with Gasteiger partial charge in [0.05, 0.1) is 6.21 Å². The molecular weight excluding hydrogens is 156 g/mol. The maximum absolute atomic E-state index is 11.5. The molecule has 0 aliphatic heterocycles. The van der Waals surface area contributed by atoms with Crippen LogP contribution >= 0.6 is 0 Å². The number of hydrogen-bond donors (Lipinski definition) is 2. The summed E-state index contributed by atoms with van der Waals surface area (Å²) in [6.45, 7) is 6.82. The van der Waals surface area contributed by atoms with Crippen molar-refractivity contribution in [2.75, 3.05) is 0 Å². The third-order valence-corrected chi connectivity index (χ3v) is 1.50. The van der Waals surface area contributed by atoms with Crippen LogP contribution in [0.1, 0.15) is 27.7 Å². The highest BCUT2D eigenvalue weighted by Crippen LogP contribution is 2.20. The van der Waals surface area contributed by atoms with Crippen molar-refractivity contribution in [3.05, 3.63) is 0 Å². The Morgan fingerprint density at radius 2 is 1.83 bits per heavy atom. The van der Waals surface area contributed by atoms with E-state index in [0.29, 0.717) is 0 Å². The number of ketones is 1. The van der Waals surface area contributed by atoms with E-state index < -0.39 is 11.0 Å². The third kappa shape index (κ3) is 2.62. The van der Waals surface area contributed by atoms with Gasteiger partial charge in [0.15, 0.2) is 5.78 Å². The number of hydrogen-bond acceptors (Lipinski definition) is 4. The molecule has 0 saturated carbocycles. The van der Waals surface area contributed by atoms with Crippen molar-refractivity contribution in [2.45, 2.75) is 33.2 Å². The van der Waals surface area contributed by atoms with Gasteiger partial charge in [-0.15, -0.1) is 0 Å². The summed E-state index contributed by atoms with van der Waals surface area (Å²) in [5, 5.41) is 11.0. The molecule has 0 aliphatic carbocycles. The average molecular weight is 172 g/mol. The van der Waals surface area contributed by atoms with E-state index in [1.54, 1.807) is 20.8 Å². The summed E-state index contributed by atoms with van der Waals surface area (Å²) in [4.78, 5) is 11.5. The molecular formula is C8H16N2O2. The molecule has 0 aromatic heterocycles. The highest BCUT2D eigenvalue weighted by Gasteiger charge is 2.35. The number of carbonyl (C=O) groups excluding carboxylic acids is 1. The van der Waals surface area contributed by atoms with Crippen LogP contribution in [0.25, 0.3) is 0 Å². The molecule has 4 nitrogen and oxygen atoms in total. The number of carbonyl (C=O) groups is 1. The molecule has 1 atom stereocenters. The predicted octanol–water partition coefficient (Wildman–Crippen LogP) is 0.779.